The zero-order valence-corrected chi connectivity index (χ0v) is 20.9. The molecule has 0 amide bonds. The minimum absolute atomic E-state index is 0.00576. The van der Waals surface area contributed by atoms with Crippen LogP contribution in [0.15, 0.2) is 83.7 Å². The van der Waals surface area contributed by atoms with Gasteiger partial charge in [0.15, 0.2) is 5.11 Å². The summed E-state index contributed by atoms with van der Waals surface area (Å²) in [7, 11) is 3.26. The number of nitrogens with zero attached hydrogens (tertiary/aromatic N) is 1. The Balaban J connectivity index is 1.65. The highest BCUT2D eigenvalue weighted by Crippen LogP contribution is 2.23. The molecule has 180 valence electrons. The van der Waals surface area contributed by atoms with E-state index < -0.39 is 0 Å². The van der Waals surface area contributed by atoms with E-state index in [-0.39, 0.29) is 11.6 Å². The molecule has 0 unspecified atom stereocenters. The fourth-order valence-electron chi connectivity index (χ4n) is 4.02. The molecule has 0 spiro atoms. The Labute approximate surface area is 210 Å². The lowest BCUT2D eigenvalue weighted by Crippen LogP contribution is -2.41. The second-order valence-corrected chi connectivity index (χ2v) is 8.71. The molecule has 0 bridgehead atoms. The quantitative estimate of drug-likeness (QED) is 0.334. The van der Waals surface area contributed by atoms with Gasteiger partial charge >= 0.3 is 0 Å². The molecule has 1 heterocycles. The molecule has 0 radical (unpaired) electrons. The number of hydrogen-bond donors (Lipinski definition) is 2. The summed E-state index contributed by atoms with van der Waals surface area (Å²) in [5.41, 5.74) is 3.30. The highest BCUT2D eigenvalue weighted by atomic mass is 32.1. The first-order valence-corrected chi connectivity index (χ1v) is 11.8. The van der Waals surface area contributed by atoms with Crippen molar-refractivity contribution in [3.05, 3.63) is 106 Å². The fraction of sp³-hybridized carbons (Fsp3) is 0.214. The fourth-order valence-corrected chi connectivity index (χ4v) is 4.32. The zero-order valence-electron chi connectivity index (χ0n) is 20.1. The van der Waals surface area contributed by atoms with Crippen LogP contribution in [0.4, 0.5) is 0 Å². The Kier molecular flexibility index (Phi) is 7.67. The van der Waals surface area contributed by atoms with Gasteiger partial charge in [-0.25, -0.2) is 0 Å². The molecule has 0 fully saturated rings. The van der Waals surface area contributed by atoms with Crippen molar-refractivity contribution in [1.82, 2.24) is 15.2 Å². The van der Waals surface area contributed by atoms with Crippen molar-refractivity contribution < 1.29 is 9.47 Å². The van der Waals surface area contributed by atoms with Crippen LogP contribution in [0.3, 0.4) is 0 Å². The van der Waals surface area contributed by atoms with Gasteiger partial charge in [0.05, 0.1) is 32.3 Å². The minimum atomic E-state index is -0.158. The van der Waals surface area contributed by atoms with Crippen molar-refractivity contribution in [2.24, 2.45) is 0 Å². The molecule has 4 rings (SSSR count). The average molecular weight is 488 g/mol. The van der Waals surface area contributed by atoms with Crippen LogP contribution in [0.2, 0.25) is 0 Å². The zero-order chi connectivity index (χ0) is 24.8. The van der Waals surface area contributed by atoms with Gasteiger partial charge in [-0.3, -0.25) is 4.79 Å². The summed E-state index contributed by atoms with van der Waals surface area (Å²) in [4.78, 5) is 18.0. The maximum Gasteiger partial charge on any atom is 0.253 e. The maximum atomic E-state index is 13.0. The van der Waals surface area contributed by atoms with Crippen LogP contribution in [0, 0.1) is 0 Å². The lowest BCUT2D eigenvalue weighted by atomic mass is 10.1. The number of aromatic amines is 1. The molecule has 2 N–H and O–H groups in total. The van der Waals surface area contributed by atoms with Gasteiger partial charge in [0.25, 0.3) is 5.56 Å². The van der Waals surface area contributed by atoms with Gasteiger partial charge in [-0.05, 0) is 54.4 Å². The Hall–Kier alpha value is -3.84. The van der Waals surface area contributed by atoms with Gasteiger partial charge in [0.2, 0.25) is 0 Å². The van der Waals surface area contributed by atoms with Crippen LogP contribution in [0.25, 0.3) is 10.9 Å². The highest BCUT2D eigenvalue weighted by Gasteiger charge is 2.18. The van der Waals surface area contributed by atoms with E-state index in [1.165, 1.54) is 0 Å². The van der Waals surface area contributed by atoms with E-state index in [1.54, 1.807) is 14.2 Å². The number of benzene rings is 3. The van der Waals surface area contributed by atoms with E-state index in [0.29, 0.717) is 29.5 Å². The summed E-state index contributed by atoms with van der Waals surface area (Å²) in [6, 6.07) is 25.5. The van der Waals surface area contributed by atoms with Crippen LogP contribution in [0.1, 0.15) is 29.7 Å². The number of H-pyrrole nitrogens is 1. The standard InChI is InChI=1S/C28H29N3O3S/c1-19(20-9-5-4-6-10-20)29-28(35)31(17-22-11-7-8-12-26(22)34-3)18-23-15-21-13-14-24(33-2)16-25(21)30-27(23)32/h4-16,19H,17-18H2,1-3H3,(H,29,35)(H,30,32)/t19-/m0/s1. The molecule has 1 atom stereocenters. The van der Waals surface area contributed by atoms with E-state index in [4.69, 9.17) is 21.7 Å². The molecule has 0 saturated carbocycles. The largest absolute Gasteiger partial charge is 0.497 e. The van der Waals surface area contributed by atoms with Gasteiger partial charge in [-0.15, -0.1) is 0 Å². The smallest absolute Gasteiger partial charge is 0.253 e. The summed E-state index contributed by atoms with van der Waals surface area (Å²) in [5.74, 6) is 1.47. The second kappa shape index (κ2) is 11.1. The monoisotopic (exact) mass is 487 g/mol. The van der Waals surface area contributed by atoms with Gasteiger partial charge in [0.1, 0.15) is 11.5 Å². The van der Waals surface area contributed by atoms with Crippen molar-refractivity contribution in [2.75, 3.05) is 14.2 Å². The lowest BCUT2D eigenvalue weighted by molar-refractivity contribution is 0.368. The molecule has 1 aromatic heterocycles. The van der Waals surface area contributed by atoms with Crippen LogP contribution >= 0.6 is 12.2 Å². The van der Waals surface area contributed by atoms with Crippen molar-refractivity contribution >= 4 is 28.2 Å². The molecule has 35 heavy (non-hydrogen) atoms. The summed E-state index contributed by atoms with van der Waals surface area (Å²) in [6.45, 7) is 2.89. The highest BCUT2D eigenvalue weighted by molar-refractivity contribution is 7.80. The first kappa shape index (κ1) is 24.3. The first-order valence-electron chi connectivity index (χ1n) is 11.4. The number of pyridine rings is 1. The number of thiocarbonyl (C=S) groups is 1. The number of aromatic nitrogens is 1. The van der Waals surface area contributed by atoms with Crippen molar-refractivity contribution in [1.29, 1.82) is 0 Å². The van der Waals surface area contributed by atoms with Crippen molar-refractivity contribution in [3.63, 3.8) is 0 Å². The molecular weight excluding hydrogens is 458 g/mol. The Morgan fingerprint density at radius 3 is 2.40 bits per heavy atom. The topological polar surface area (TPSA) is 66.6 Å². The minimum Gasteiger partial charge on any atom is -0.497 e. The van der Waals surface area contributed by atoms with Gasteiger partial charge in [-0.2, -0.15) is 0 Å². The summed E-state index contributed by atoms with van der Waals surface area (Å²) >= 11 is 5.85. The molecule has 3 aromatic carbocycles. The van der Waals surface area contributed by atoms with E-state index in [2.05, 4.69) is 29.4 Å². The van der Waals surface area contributed by atoms with Gasteiger partial charge in [-0.1, -0.05) is 48.5 Å². The molecule has 0 aliphatic carbocycles. The number of para-hydroxylation sites is 1. The predicted molar refractivity (Wildman–Crippen MR) is 144 cm³/mol. The summed E-state index contributed by atoms with van der Waals surface area (Å²) in [6.07, 6.45) is 0. The van der Waals surface area contributed by atoms with E-state index in [1.807, 2.05) is 71.6 Å². The second-order valence-electron chi connectivity index (χ2n) is 8.33. The molecule has 6 nitrogen and oxygen atoms in total. The summed E-state index contributed by atoms with van der Waals surface area (Å²) < 4.78 is 10.8. The molecule has 0 saturated heterocycles. The first-order chi connectivity index (χ1) is 17.0. The number of rotatable bonds is 8. The van der Waals surface area contributed by atoms with Crippen LogP contribution in [-0.2, 0) is 13.1 Å². The maximum absolute atomic E-state index is 13.0. The third-order valence-electron chi connectivity index (χ3n) is 5.97. The molecule has 7 heteroatoms. The van der Waals surface area contributed by atoms with Gasteiger partial charge < -0.3 is 24.7 Å². The van der Waals surface area contributed by atoms with Crippen LogP contribution in [0.5, 0.6) is 11.5 Å². The molecule has 0 aliphatic rings. The van der Waals surface area contributed by atoms with E-state index in [9.17, 15) is 4.79 Å². The Bertz CT molecular complexity index is 1370. The molecular formula is C28H29N3O3S. The lowest BCUT2D eigenvalue weighted by Gasteiger charge is -2.29. The van der Waals surface area contributed by atoms with Crippen molar-refractivity contribution in [2.45, 2.75) is 26.1 Å². The normalized spacial score (nSPS) is 11.6. The number of hydrogen-bond acceptors (Lipinski definition) is 4. The molecule has 0 aliphatic heterocycles. The third kappa shape index (κ3) is 5.81. The number of nitrogens with one attached hydrogen (secondary N) is 2. The Morgan fingerprint density at radius 2 is 1.66 bits per heavy atom. The van der Waals surface area contributed by atoms with Crippen LogP contribution < -0.4 is 20.3 Å². The number of fused-ring (bicyclic) bond motifs is 1. The predicted octanol–water partition coefficient (Wildman–Crippen LogP) is 5.18. The SMILES string of the molecule is COc1ccc2cc(CN(Cc3ccccc3OC)C(=S)N[C@@H](C)c3ccccc3)c(=O)[nH]c2c1. The average Bonchev–Trinajstić information content (AvgIpc) is 2.89. The Morgan fingerprint density at radius 1 is 0.943 bits per heavy atom. The third-order valence-corrected chi connectivity index (χ3v) is 6.35. The number of methoxy groups -OCH3 is 2. The number of ether oxygens (including phenoxy) is 2. The van der Waals surface area contributed by atoms with E-state index >= 15 is 0 Å². The van der Waals surface area contributed by atoms with E-state index in [0.717, 1.165) is 27.8 Å². The summed E-state index contributed by atoms with van der Waals surface area (Å²) in [5, 5.41) is 4.92. The van der Waals surface area contributed by atoms with Crippen molar-refractivity contribution in [3.8, 4) is 11.5 Å². The molecule has 4 aromatic rings. The van der Waals surface area contributed by atoms with Crippen LogP contribution in [-0.4, -0.2) is 29.2 Å². The van der Waals surface area contributed by atoms with Gasteiger partial charge in [0, 0.05) is 23.7 Å².